The van der Waals surface area contributed by atoms with Gasteiger partial charge in [-0.25, -0.2) is 10.6 Å². The molecule has 1 amide bonds. The van der Waals surface area contributed by atoms with Crippen molar-refractivity contribution < 1.29 is 32.4 Å². The summed E-state index contributed by atoms with van der Waals surface area (Å²) in [5.74, 6) is 2.26. The van der Waals surface area contributed by atoms with Gasteiger partial charge in [-0.05, 0) is 12.3 Å². The number of hydrogen-bond donors (Lipinski definition) is 3. The number of nitrogen functional groups attached to an aromatic ring is 1. The van der Waals surface area contributed by atoms with Crippen molar-refractivity contribution in [2.45, 2.75) is 26.4 Å². The van der Waals surface area contributed by atoms with Crippen LogP contribution in [0.15, 0.2) is 10.8 Å². The van der Waals surface area contributed by atoms with Crippen LogP contribution in [-0.2, 0) is 11.2 Å². The summed E-state index contributed by atoms with van der Waals surface area (Å²) >= 11 is 0. The molecule has 7 nitrogen and oxygen atoms in total. The van der Waals surface area contributed by atoms with Crippen LogP contribution in [0.2, 0.25) is 0 Å². The molecule has 0 unspecified atom stereocenters. The van der Waals surface area contributed by atoms with Gasteiger partial charge in [0.15, 0.2) is 5.69 Å². The van der Waals surface area contributed by atoms with Crippen molar-refractivity contribution in [2.24, 2.45) is 11.8 Å². The Bertz CT molecular complexity index is 457. The second-order valence-electron chi connectivity index (χ2n) is 4.06. The lowest BCUT2D eigenvalue weighted by Crippen LogP contribution is -2.31. The zero-order valence-corrected chi connectivity index (χ0v) is 10.7. The lowest BCUT2D eigenvalue weighted by molar-refractivity contribution is -0.192. The van der Waals surface area contributed by atoms with Crippen molar-refractivity contribution in [3.05, 3.63) is 17.5 Å². The average molecular weight is 297 g/mol. The molecule has 0 spiro atoms. The van der Waals surface area contributed by atoms with Crippen molar-refractivity contribution in [3.63, 3.8) is 0 Å². The molecular weight excluding hydrogens is 283 g/mol. The Morgan fingerprint density at radius 1 is 1.50 bits per heavy atom. The number of halogens is 3. The maximum atomic E-state index is 11.1. The number of amides is 1. The molecule has 1 rings (SSSR count). The number of carboxylic acid groups (broad SMARTS) is 1. The molecule has 1 heterocycles. The van der Waals surface area contributed by atoms with E-state index in [1.807, 2.05) is 5.43 Å². The van der Waals surface area contributed by atoms with Crippen LogP contribution in [0.4, 0.5) is 13.2 Å². The minimum atomic E-state index is -5.08. The van der Waals surface area contributed by atoms with Crippen molar-refractivity contribution >= 4 is 11.9 Å². The summed E-state index contributed by atoms with van der Waals surface area (Å²) in [5, 5.41) is 10.7. The molecule has 0 aromatic carbocycles. The summed E-state index contributed by atoms with van der Waals surface area (Å²) in [6.07, 6.45) is -2.85. The Morgan fingerprint density at radius 3 is 2.35 bits per heavy atom. The summed E-state index contributed by atoms with van der Waals surface area (Å²) in [6, 6.07) is 0. The summed E-state index contributed by atoms with van der Waals surface area (Å²) in [4.78, 5) is 20.0. The highest BCUT2D eigenvalue weighted by Gasteiger charge is 2.38. The van der Waals surface area contributed by atoms with Gasteiger partial charge in [0.2, 0.25) is 0 Å². The second-order valence-corrected chi connectivity index (χ2v) is 4.06. The van der Waals surface area contributed by atoms with Gasteiger partial charge in [0.25, 0.3) is 5.91 Å². The molecule has 0 aliphatic carbocycles. The van der Waals surface area contributed by atoms with Crippen molar-refractivity contribution in [3.8, 4) is 0 Å². The third kappa shape index (κ3) is 6.18. The number of hydrogen-bond acceptors (Lipinski definition) is 5. The number of nitrogens with zero attached hydrogens (tertiary/aromatic N) is 1. The molecule has 0 aliphatic rings. The smallest absolute Gasteiger partial charge is 0.475 e. The van der Waals surface area contributed by atoms with Crippen LogP contribution < -0.4 is 11.3 Å². The van der Waals surface area contributed by atoms with Gasteiger partial charge in [-0.3, -0.25) is 10.2 Å². The van der Waals surface area contributed by atoms with Crippen LogP contribution in [0.1, 0.15) is 29.9 Å². The number of nitrogens with two attached hydrogens (primary N) is 1. The molecule has 0 atom stereocenters. The van der Waals surface area contributed by atoms with Crippen molar-refractivity contribution in [1.82, 2.24) is 10.6 Å². The zero-order chi connectivity index (χ0) is 15.9. The van der Waals surface area contributed by atoms with E-state index in [4.69, 9.17) is 20.3 Å². The first kappa shape index (κ1) is 17.9. The summed E-state index contributed by atoms with van der Waals surface area (Å²) in [5.41, 5.74) is 3.08. The molecule has 1 aromatic heterocycles. The Balaban J connectivity index is 0.000000441. The topological polar surface area (TPSA) is 118 Å². The predicted octanol–water partition coefficient (Wildman–Crippen LogP) is 1.11. The normalized spacial score (nSPS) is 10.8. The number of carbonyl (C=O) groups is 2. The average Bonchev–Trinajstić information content (AvgIpc) is 2.74. The van der Waals surface area contributed by atoms with Crippen LogP contribution in [0.5, 0.6) is 0 Å². The van der Waals surface area contributed by atoms with Crippen molar-refractivity contribution in [1.29, 1.82) is 0 Å². The van der Waals surface area contributed by atoms with Crippen LogP contribution in [0.25, 0.3) is 0 Å². The van der Waals surface area contributed by atoms with Crippen LogP contribution in [0, 0.1) is 5.92 Å². The molecule has 10 heteroatoms. The first-order valence-electron chi connectivity index (χ1n) is 5.33. The van der Waals surface area contributed by atoms with Gasteiger partial charge in [0.1, 0.15) is 6.26 Å². The van der Waals surface area contributed by atoms with Gasteiger partial charge in [-0.1, -0.05) is 19.0 Å². The third-order valence-electron chi connectivity index (χ3n) is 1.86. The Hall–Kier alpha value is -2.10. The highest BCUT2D eigenvalue weighted by atomic mass is 19.4. The molecule has 0 bridgehead atoms. The molecule has 4 N–H and O–H groups in total. The van der Waals surface area contributed by atoms with Crippen LogP contribution >= 0.6 is 0 Å². The molecule has 0 aliphatic heterocycles. The Morgan fingerprint density at radius 2 is 2.00 bits per heavy atom. The minimum absolute atomic E-state index is 0.274. The molecule has 0 radical (unpaired) electrons. The number of nitrogens with one attached hydrogen (secondary N) is 1. The first-order valence-corrected chi connectivity index (χ1v) is 5.33. The van der Waals surface area contributed by atoms with E-state index in [9.17, 15) is 18.0 Å². The zero-order valence-electron chi connectivity index (χ0n) is 10.7. The minimum Gasteiger partial charge on any atom is -0.475 e. The fourth-order valence-corrected chi connectivity index (χ4v) is 1.10. The predicted molar refractivity (Wildman–Crippen MR) is 60.4 cm³/mol. The summed E-state index contributed by atoms with van der Waals surface area (Å²) < 4.78 is 36.4. The van der Waals surface area contributed by atoms with E-state index >= 15 is 0 Å². The summed E-state index contributed by atoms with van der Waals surface area (Å²) in [6.45, 7) is 4.11. The van der Waals surface area contributed by atoms with Gasteiger partial charge in [0, 0.05) is 5.56 Å². The standard InChI is InChI=1S/C8H13N3O2.C2HF3O2/c1-5(2)3-6-4-13-11-7(6)8(12)10-9;3-2(4,5)1(6)7/h4-5H,3,9H2,1-2H3,(H,10,12);(H,6,7). The first-order chi connectivity index (χ1) is 9.09. The van der Waals surface area contributed by atoms with E-state index in [2.05, 4.69) is 19.0 Å². The maximum absolute atomic E-state index is 11.1. The van der Waals surface area contributed by atoms with Crippen LogP contribution in [-0.4, -0.2) is 28.3 Å². The summed E-state index contributed by atoms with van der Waals surface area (Å²) in [7, 11) is 0. The molecule has 0 saturated carbocycles. The quantitative estimate of drug-likeness (QED) is 0.437. The van der Waals surface area contributed by atoms with E-state index in [1.165, 1.54) is 6.26 Å². The molecule has 0 saturated heterocycles. The second kappa shape index (κ2) is 7.48. The number of carboxylic acids is 1. The van der Waals surface area contributed by atoms with Gasteiger partial charge >= 0.3 is 12.1 Å². The Labute approximate surface area is 111 Å². The van der Waals surface area contributed by atoms with Gasteiger partial charge < -0.3 is 9.63 Å². The number of aliphatic carboxylic acids is 1. The number of rotatable bonds is 3. The highest BCUT2D eigenvalue weighted by Crippen LogP contribution is 2.13. The fraction of sp³-hybridized carbons (Fsp3) is 0.500. The molecular formula is C10H14F3N3O4. The number of alkyl halides is 3. The largest absolute Gasteiger partial charge is 0.490 e. The van der Waals surface area contributed by atoms with Crippen LogP contribution in [0.3, 0.4) is 0 Å². The SMILES string of the molecule is CC(C)Cc1conc1C(=O)NN.O=C(O)C(F)(F)F. The maximum Gasteiger partial charge on any atom is 0.490 e. The lowest BCUT2D eigenvalue weighted by Gasteiger charge is -2.02. The van der Waals surface area contributed by atoms with E-state index in [0.29, 0.717) is 5.92 Å². The Kier molecular flexibility index (Phi) is 6.69. The molecule has 114 valence electrons. The molecule has 0 fully saturated rings. The van der Waals surface area contributed by atoms with E-state index in [1.54, 1.807) is 0 Å². The number of hydrazine groups is 1. The third-order valence-corrected chi connectivity index (χ3v) is 1.86. The lowest BCUT2D eigenvalue weighted by atomic mass is 10.0. The van der Waals surface area contributed by atoms with E-state index in [0.717, 1.165) is 12.0 Å². The monoisotopic (exact) mass is 297 g/mol. The van der Waals surface area contributed by atoms with Gasteiger partial charge in [-0.15, -0.1) is 0 Å². The fourth-order valence-electron chi connectivity index (χ4n) is 1.10. The molecule has 1 aromatic rings. The van der Waals surface area contributed by atoms with E-state index in [-0.39, 0.29) is 5.69 Å². The number of aromatic nitrogens is 1. The highest BCUT2D eigenvalue weighted by molar-refractivity contribution is 5.92. The number of carbonyl (C=O) groups excluding carboxylic acids is 1. The van der Waals surface area contributed by atoms with Crippen molar-refractivity contribution in [2.75, 3.05) is 0 Å². The van der Waals surface area contributed by atoms with E-state index < -0.39 is 18.1 Å². The molecule has 20 heavy (non-hydrogen) atoms. The van der Waals surface area contributed by atoms with Gasteiger partial charge in [-0.2, -0.15) is 13.2 Å². The van der Waals surface area contributed by atoms with Gasteiger partial charge in [0.05, 0.1) is 0 Å².